The summed E-state index contributed by atoms with van der Waals surface area (Å²) in [5, 5.41) is 6.31. The molecule has 1 aliphatic heterocycles. The fourth-order valence-electron chi connectivity index (χ4n) is 1.66. The highest BCUT2D eigenvalue weighted by molar-refractivity contribution is 7.89. The maximum Gasteiger partial charge on any atom is 0.243 e. The molecular formula is C9H15N3O3S. The van der Waals surface area contributed by atoms with E-state index in [0.717, 1.165) is 13.0 Å². The number of sulfonamides is 1. The largest absolute Gasteiger partial charge is 0.381 e. The van der Waals surface area contributed by atoms with Crippen molar-refractivity contribution in [1.29, 1.82) is 0 Å². The number of nitrogens with zero attached hydrogens (tertiary/aromatic N) is 1. The van der Waals surface area contributed by atoms with Crippen LogP contribution in [0.4, 0.5) is 0 Å². The zero-order chi connectivity index (χ0) is 11.6. The maximum atomic E-state index is 11.9. The van der Waals surface area contributed by atoms with Crippen LogP contribution in [0.2, 0.25) is 0 Å². The molecule has 2 N–H and O–H groups in total. The highest BCUT2D eigenvalue weighted by atomic mass is 32.2. The van der Waals surface area contributed by atoms with E-state index >= 15 is 0 Å². The van der Waals surface area contributed by atoms with Gasteiger partial charge in [0.1, 0.15) is 4.90 Å². The molecule has 0 aliphatic carbocycles. The monoisotopic (exact) mass is 245 g/mol. The van der Waals surface area contributed by atoms with Crippen molar-refractivity contribution in [2.75, 3.05) is 19.8 Å². The van der Waals surface area contributed by atoms with Gasteiger partial charge in [0.2, 0.25) is 10.0 Å². The molecule has 2 heterocycles. The van der Waals surface area contributed by atoms with Gasteiger partial charge in [-0.1, -0.05) is 0 Å². The zero-order valence-corrected chi connectivity index (χ0v) is 9.88. The molecule has 90 valence electrons. The van der Waals surface area contributed by atoms with E-state index in [0.29, 0.717) is 18.8 Å². The van der Waals surface area contributed by atoms with Gasteiger partial charge >= 0.3 is 0 Å². The summed E-state index contributed by atoms with van der Waals surface area (Å²) < 4.78 is 31.5. The molecule has 1 aliphatic rings. The normalized spacial score (nSPS) is 21.4. The van der Waals surface area contributed by atoms with Crippen molar-refractivity contribution < 1.29 is 13.2 Å². The van der Waals surface area contributed by atoms with Crippen molar-refractivity contribution in [2.45, 2.75) is 18.2 Å². The highest BCUT2D eigenvalue weighted by Gasteiger charge is 2.22. The second-order valence-electron chi connectivity index (χ2n) is 3.94. The Morgan fingerprint density at radius 1 is 1.69 bits per heavy atom. The minimum absolute atomic E-state index is 0.214. The SMILES string of the molecule is Cc1[nH]ncc1S(=O)(=O)NCC1CCOC1. The third kappa shape index (κ3) is 2.42. The number of hydrogen-bond acceptors (Lipinski definition) is 4. The van der Waals surface area contributed by atoms with Gasteiger partial charge in [0, 0.05) is 13.2 Å². The van der Waals surface area contributed by atoms with Crippen molar-refractivity contribution in [1.82, 2.24) is 14.9 Å². The molecule has 0 aromatic carbocycles. The summed E-state index contributed by atoms with van der Waals surface area (Å²) in [6, 6.07) is 0. The fraction of sp³-hybridized carbons (Fsp3) is 0.667. The van der Waals surface area contributed by atoms with E-state index in [2.05, 4.69) is 14.9 Å². The van der Waals surface area contributed by atoms with E-state index in [-0.39, 0.29) is 10.8 Å². The van der Waals surface area contributed by atoms with Crippen LogP contribution >= 0.6 is 0 Å². The number of aromatic nitrogens is 2. The van der Waals surface area contributed by atoms with Crippen LogP contribution in [-0.4, -0.2) is 38.4 Å². The Morgan fingerprint density at radius 2 is 2.50 bits per heavy atom. The number of ether oxygens (including phenoxy) is 1. The van der Waals surface area contributed by atoms with Gasteiger partial charge in [-0.25, -0.2) is 13.1 Å². The first kappa shape index (κ1) is 11.6. The van der Waals surface area contributed by atoms with Crippen molar-refractivity contribution >= 4 is 10.0 Å². The van der Waals surface area contributed by atoms with E-state index in [1.165, 1.54) is 6.20 Å². The molecule has 0 spiro atoms. The van der Waals surface area contributed by atoms with Gasteiger partial charge in [-0.15, -0.1) is 0 Å². The van der Waals surface area contributed by atoms with E-state index < -0.39 is 10.0 Å². The van der Waals surface area contributed by atoms with E-state index in [1.807, 2.05) is 0 Å². The van der Waals surface area contributed by atoms with Crippen LogP contribution in [0.25, 0.3) is 0 Å². The molecule has 1 aromatic heterocycles. The van der Waals surface area contributed by atoms with Crippen LogP contribution in [0, 0.1) is 12.8 Å². The third-order valence-electron chi connectivity index (χ3n) is 2.66. The minimum atomic E-state index is -3.43. The minimum Gasteiger partial charge on any atom is -0.381 e. The second-order valence-corrected chi connectivity index (χ2v) is 5.68. The summed E-state index contributed by atoms with van der Waals surface area (Å²) >= 11 is 0. The predicted octanol–water partition coefficient (Wildman–Crippen LogP) is 0.0329. The molecule has 16 heavy (non-hydrogen) atoms. The molecule has 1 atom stereocenters. The lowest BCUT2D eigenvalue weighted by atomic mass is 10.1. The number of rotatable bonds is 4. The molecule has 1 aromatic rings. The molecule has 1 saturated heterocycles. The van der Waals surface area contributed by atoms with Crippen molar-refractivity contribution in [3.63, 3.8) is 0 Å². The Bertz CT molecular complexity index is 448. The number of H-pyrrole nitrogens is 1. The van der Waals surface area contributed by atoms with Crippen molar-refractivity contribution in [3.05, 3.63) is 11.9 Å². The van der Waals surface area contributed by atoms with E-state index in [1.54, 1.807) is 6.92 Å². The summed E-state index contributed by atoms with van der Waals surface area (Å²) in [6.07, 6.45) is 2.23. The quantitative estimate of drug-likeness (QED) is 0.784. The molecule has 0 amide bonds. The van der Waals surface area contributed by atoms with Gasteiger partial charge in [-0.3, -0.25) is 5.10 Å². The van der Waals surface area contributed by atoms with Crippen LogP contribution in [-0.2, 0) is 14.8 Å². The van der Waals surface area contributed by atoms with Gasteiger partial charge in [0.15, 0.2) is 0 Å². The number of aromatic amines is 1. The summed E-state index contributed by atoms with van der Waals surface area (Å²) in [7, 11) is -3.43. The van der Waals surface area contributed by atoms with Crippen molar-refractivity contribution in [3.8, 4) is 0 Å². The Morgan fingerprint density at radius 3 is 3.06 bits per heavy atom. The first-order chi connectivity index (χ1) is 7.59. The fourth-order valence-corrected chi connectivity index (χ4v) is 2.91. The number of aryl methyl sites for hydroxylation is 1. The van der Waals surface area contributed by atoms with Gasteiger partial charge in [0.05, 0.1) is 18.5 Å². The Kier molecular flexibility index (Phi) is 3.27. The first-order valence-electron chi connectivity index (χ1n) is 5.17. The average molecular weight is 245 g/mol. The maximum absolute atomic E-state index is 11.9. The average Bonchev–Trinajstić information content (AvgIpc) is 2.85. The molecule has 1 unspecified atom stereocenters. The molecular weight excluding hydrogens is 230 g/mol. The van der Waals surface area contributed by atoms with E-state index in [9.17, 15) is 8.42 Å². The third-order valence-corrected chi connectivity index (χ3v) is 4.20. The molecule has 0 bridgehead atoms. The summed E-state index contributed by atoms with van der Waals surface area (Å²) in [5.41, 5.74) is 0.551. The molecule has 0 radical (unpaired) electrons. The van der Waals surface area contributed by atoms with Gasteiger partial charge in [-0.2, -0.15) is 5.10 Å². The van der Waals surface area contributed by atoms with E-state index in [4.69, 9.17) is 4.74 Å². The predicted molar refractivity (Wildman–Crippen MR) is 57.4 cm³/mol. The van der Waals surface area contributed by atoms with Crippen LogP contribution in [0.1, 0.15) is 12.1 Å². The van der Waals surface area contributed by atoms with Gasteiger partial charge < -0.3 is 4.74 Å². The number of nitrogens with one attached hydrogen (secondary N) is 2. The van der Waals surface area contributed by atoms with Crippen LogP contribution in [0.3, 0.4) is 0 Å². The van der Waals surface area contributed by atoms with Crippen LogP contribution in [0.5, 0.6) is 0 Å². The smallest absolute Gasteiger partial charge is 0.243 e. The number of hydrogen-bond donors (Lipinski definition) is 2. The van der Waals surface area contributed by atoms with Crippen LogP contribution in [0.15, 0.2) is 11.1 Å². The summed E-state index contributed by atoms with van der Waals surface area (Å²) in [4.78, 5) is 0.214. The molecule has 1 fully saturated rings. The summed E-state index contributed by atoms with van der Waals surface area (Å²) in [5.74, 6) is 0.280. The lowest BCUT2D eigenvalue weighted by Gasteiger charge is -2.09. The topological polar surface area (TPSA) is 84.1 Å². The standard InChI is InChI=1S/C9H15N3O3S/c1-7-9(5-10-12-7)16(13,14)11-4-8-2-3-15-6-8/h5,8,11H,2-4,6H2,1H3,(H,10,12). The Balaban J connectivity index is 2.00. The molecule has 6 nitrogen and oxygen atoms in total. The molecule has 7 heteroatoms. The van der Waals surface area contributed by atoms with Crippen LogP contribution < -0.4 is 4.72 Å². The lowest BCUT2D eigenvalue weighted by Crippen LogP contribution is -2.29. The first-order valence-corrected chi connectivity index (χ1v) is 6.65. The van der Waals surface area contributed by atoms with Gasteiger partial charge in [0.25, 0.3) is 0 Å². The Hall–Kier alpha value is -0.920. The highest BCUT2D eigenvalue weighted by Crippen LogP contribution is 2.14. The lowest BCUT2D eigenvalue weighted by molar-refractivity contribution is 0.186. The molecule has 2 rings (SSSR count). The zero-order valence-electron chi connectivity index (χ0n) is 9.06. The van der Waals surface area contributed by atoms with Crippen molar-refractivity contribution in [2.24, 2.45) is 5.92 Å². The second kappa shape index (κ2) is 4.52. The summed E-state index contributed by atoms with van der Waals surface area (Å²) in [6.45, 7) is 3.46. The molecule has 0 saturated carbocycles. The van der Waals surface area contributed by atoms with Gasteiger partial charge in [-0.05, 0) is 19.3 Å². The Labute approximate surface area is 94.4 Å².